The standard InChI is InChI=1S/C13H12/c1-2-4-10(5-3-1)8-11-6-7-12-9-13(11)12/h1-8,12-13H,9H2/b11-8-. The lowest BCUT2D eigenvalue weighted by Crippen LogP contribution is -1.78. The van der Waals surface area contributed by atoms with E-state index in [4.69, 9.17) is 0 Å². The highest BCUT2D eigenvalue weighted by atomic mass is 14.4. The van der Waals surface area contributed by atoms with Gasteiger partial charge in [0.15, 0.2) is 0 Å². The number of benzene rings is 1. The van der Waals surface area contributed by atoms with Crippen LogP contribution in [0, 0.1) is 11.8 Å². The SMILES string of the molecule is C1=CC2CC2/C1=C\c1ccccc1. The molecule has 0 N–H and O–H groups in total. The van der Waals surface area contributed by atoms with Gasteiger partial charge in [-0.25, -0.2) is 0 Å². The number of fused-ring (bicyclic) bond motifs is 1. The van der Waals surface area contributed by atoms with Crippen molar-refractivity contribution in [3.05, 3.63) is 53.6 Å². The van der Waals surface area contributed by atoms with Gasteiger partial charge in [-0.3, -0.25) is 0 Å². The third-order valence-corrected chi connectivity index (χ3v) is 2.94. The van der Waals surface area contributed by atoms with Gasteiger partial charge in [0.05, 0.1) is 0 Å². The van der Waals surface area contributed by atoms with Gasteiger partial charge in [-0.2, -0.15) is 0 Å². The molecule has 3 rings (SSSR count). The zero-order valence-electron chi connectivity index (χ0n) is 7.48. The van der Waals surface area contributed by atoms with Gasteiger partial charge in [-0.1, -0.05) is 48.6 Å². The largest absolute Gasteiger partial charge is 0.0805 e. The maximum Gasteiger partial charge on any atom is -0.00928 e. The summed E-state index contributed by atoms with van der Waals surface area (Å²) in [6, 6.07) is 10.6. The maximum atomic E-state index is 2.35. The molecule has 2 aliphatic carbocycles. The number of allylic oxidation sites excluding steroid dienone is 3. The highest BCUT2D eigenvalue weighted by Gasteiger charge is 2.40. The van der Waals surface area contributed by atoms with Crippen molar-refractivity contribution in [2.45, 2.75) is 6.42 Å². The van der Waals surface area contributed by atoms with Gasteiger partial charge >= 0.3 is 0 Å². The Morgan fingerprint density at radius 3 is 2.62 bits per heavy atom. The Morgan fingerprint density at radius 1 is 1.15 bits per heavy atom. The number of rotatable bonds is 1. The molecule has 13 heavy (non-hydrogen) atoms. The molecule has 1 fully saturated rings. The molecule has 0 bridgehead atoms. The fraction of sp³-hybridized carbons (Fsp3) is 0.231. The fourth-order valence-corrected chi connectivity index (χ4v) is 2.07. The summed E-state index contributed by atoms with van der Waals surface area (Å²) >= 11 is 0. The molecular weight excluding hydrogens is 156 g/mol. The molecule has 2 aliphatic rings. The van der Waals surface area contributed by atoms with Crippen LogP contribution in [0.2, 0.25) is 0 Å². The minimum absolute atomic E-state index is 0.861. The first-order valence-corrected chi connectivity index (χ1v) is 4.88. The van der Waals surface area contributed by atoms with E-state index < -0.39 is 0 Å². The average Bonchev–Trinajstić information content (AvgIpc) is 2.86. The molecule has 0 spiro atoms. The van der Waals surface area contributed by atoms with E-state index in [1.165, 1.54) is 17.6 Å². The molecule has 2 atom stereocenters. The molecule has 0 heterocycles. The Hall–Kier alpha value is -1.30. The lowest BCUT2D eigenvalue weighted by Gasteiger charge is -1.96. The third kappa shape index (κ3) is 1.23. The molecule has 0 nitrogen and oxygen atoms in total. The second-order valence-corrected chi connectivity index (χ2v) is 3.92. The average molecular weight is 168 g/mol. The number of hydrogen-bond acceptors (Lipinski definition) is 0. The Morgan fingerprint density at radius 2 is 2.00 bits per heavy atom. The minimum atomic E-state index is 0.861. The lowest BCUT2D eigenvalue weighted by atomic mass is 10.1. The molecule has 1 aromatic carbocycles. The van der Waals surface area contributed by atoms with Crippen molar-refractivity contribution in [3.8, 4) is 0 Å². The summed E-state index contributed by atoms with van der Waals surface area (Å²) in [6.45, 7) is 0. The third-order valence-electron chi connectivity index (χ3n) is 2.94. The summed E-state index contributed by atoms with van der Waals surface area (Å²) in [6.07, 6.45) is 8.33. The zero-order chi connectivity index (χ0) is 8.67. The summed E-state index contributed by atoms with van der Waals surface area (Å²) in [5.74, 6) is 1.75. The Balaban J connectivity index is 1.92. The molecule has 1 saturated carbocycles. The molecule has 0 aliphatic heterocycles. The van der Waals surface area contributed by atoms with Gasteiger partial charge in [0, 0.05) is 0 Å². The van der Waals surface area contributed by atoms with E-state index in [-0.39, 0.29) is 0 Å². The van der Waals surface area contributed by atoms with Crippen molar-refractivity contribution in [1.82, 2.24) is 0 Å². The van der Waals surface area contributed by atoms with Crippen LogP contribution in [0.3, 0.4) is 0 Å². The van der Waals surface area contributed by atoms with Crippen molar-refractivity contribution >= 4 is 6.08 Å². The Kier molecular flexibility index (Phi) is 1.42. The summed E-state index contributed by atoms with van der Waals surface area (Å²) in [5.41, 5.74) is 2.85. The summed E-state index contributed by atoms with van der Waals surface area (Å²) < 4.78 is 0. The number of hydrogen-bond donors (Lipinski definition) is 0. The van der Waals surface area contributed by atoms with Gasteiger partial charge in [-0.05, 0) is 29.4 Å². The second-order valence-electron chi connectivity index (χ2n) is 3.92. The molecule has 0 heteroatoms. The van der Waals surface area contributed by atoms with Crippen LogP contribution in [0.4, 0.5) is 0 Å². The molecule has 1 aromatic rings. The molecular formula is C13H12. The van der Waals surface area contributed by atoms with Gasteiger partial charge in [0.1, 0.15) is 0 Å². The van der Waals surface area contributed by atoms with Crippen molar-refractivity contribution in [2.24, 2.45) is 11.8 Å². The predicted octanol–water partition coefficient (Wildman–Crippen LogP) is 3.28. The van der Waals surface area contributed by atoms with Crippen molar-refractivity contribution in [2.75, 3.05) is 0 Å². The second kappa shape index (κ2) is 2.59. The van der Waals surface area contributed by atoms with E-state index >= 15 is 0 Å². The van der Waals surface area contributed by atoms with Crippen molar-refractivity contribution in [3.63, 3.8) is 0 Å². The normalized spacial score (nSPS) is 32.2. The molecule has 0 radical (unpaired) electrons. The van der Waals surface area contributed by atoms with Crippen LogP contribution >= 0.6 is 0 Å². The predicted molar refractivity (Wildman–Crippen MR) is 55.2 cm³/mol. The minimum Gasteiger partial charge on any atom is -0.0805 e. The van der Waals surface area contributed by atoms with Crippen LogP contribution in [0.25, 0.3) is 6.08 Å². The van der Waals surface area contributed by atoms with Gasteiger partial charge < -0.3 is 0 Å². The van der Waals surface area contributed by atoms with Crippen LogP contribution in [0.1, 0.15) is 12.0 Å². The topological polar surface area (TPSA) is 0 Å². The van der Waals surface area contributed by atoms with E-state index in [9.17, 15) is 0 Å². The zero-order valence-corrected chi connectivity index (χ0v) is 7.48. The van der Waals surface area contributed by atoms with Gasteiger partial charge in [0.2, 0.25) is 0 Å². The Bertz CT molecular complexity index is 370. The van der Waals surface area contributed by atoms with Crippen LogP contribution in [-0.2, 0) is 0 Å². The van der Waals surface area contributed by atoms with Crippen LogP contribution < -0.4 is 0 Å². The Labute approximate surface area is 78.6 Å². The smallest absolute Gasteiger partial charge is 0.00928 e. The van der Waals surface area contributed by atoms with Crippen LogP contribution in [0.15, 0.2) is 48.1 Å². The van der Waals surface area contributed by atoms with Crippen LogP contribution in [-0.4, -0.2) is 0 Å². The highest BCUT2D eigenvalue weighted by Crippen LogP contribution is 2.50. The van der Waals surface area contributed by atoms with Crippen LogP contribution in [0.5, 0.6) is 0 Å². The summed E-state index contributed by atoms with van der Waals surface area (Å²) in [4.78, 5) is 0. The van der Waals surface area contributed by atoms with Gasteiger partial charge in [-0.15, -0.1) is 0 Å². The van der Waals surface area contributed by atoms with E-state index in [1.54, 1.807) is 0 Å². The van der Waals surface area contributed by atoms with E-state index in [0.29, 0.717) is 0 Å². The first-order valence-electron chi connectivity index (χ1n) is 4.88. The van der Waals surface area contributed by atoms with E-state index in [2.05, 4.69) is 48.6 Å². The molecule has 64 valence electrons. The highest BCUT2D eigenvalue weighted by molar-refractivity contribution is 5.59. The quantitative estimate of drug-likeness (QED) is 0.603. The first-order chi connectivity index (χ1) is 6.43. The van der Waals surface area contributed by atoms with E-state index in [1.807, 2.05) is 0 Å². The molecule has 2 unspecified atom stereocenters. The molecule has 0 saturated heterocycles. The fourth-order valence-electron chi connectivity index (χ4n) is 2.07. The van der Waals surface area contributed by atoms with E-state index in [0.717, 1.165) is 11.8 Å². The lowest BCUT2D eigenvalue weighted by molar-refractivity contribution is 1.01. The molecule has 0 amide bonds. The van der Waals surface area contributed by atoms with Gasteiger partial charge in [0.25, 0.3) is 0 Å². The van der Waals surface area contributed by atoms with Crippen molar-refractivity contribution in [1.29, 1.82) is 0 Å². The van der Waals surface area contributed by atoms with Crippen molar-refractivity contribution < 1.29 is 0 Å². The summed E-state index contributed by atoms with van der Waals surface area (Å²) in [5, 5.41) is 0. The maximum absolute atomic E-state index is 2.35. The molecule has 0 aromatic heterocycles. The monoisotopic (exact) mass is 168 g/mol. The summed E-state index contributed by atoms with van der Waals surface area (Å²) in [7, 11) is 0. The first kappa shape index (κ1) is 7.14.